The Kier molecular flexibility index (Phi) is 7.45. The second-order valence-corrected chi connectivity index (χ2v) is 3.84. The molecule has 0 N–H and O–H groups in total. The fourth-order valence-electron chi connectivity index (χ4n) is 1.34. The third kappa shape index (κ3) is 5.10. The zero-order valence-electron chi connectivity index (χ0n) is 9.80. The SMILES string of the molecule is CCOC([Si])(CN(CC)CC)OCC. The lowest BCUT2D eigenvalue weighted by atomic mass is 10.4. The molecule has 0 fully saturated rings. The van der Waals surface area contributed by atoms with Gasteiger partial charge in [-0.15, -0.1) is 0 Å². The van der Waals surface area contributed by atoms with Crippen LogP contribution in [0, 0.1) is 0 Å². The van der Waals surface area contributed by atoms with Gasteiger partial charge in [-0.05, 0) is 26.9 Å². The minimum absolute atomic E-state index is 0.643. The van der Waals surface area contributed by atoms with Crippen LogP contribution in [-0.4, -0.2) is 53.4 Å². The van der Waals surface area contributed by atoms with E-state index in [1.54, 1.807) is 0 Å². The van der Waals surface area contributed by atoms with E-state index in [1.807, 2.05) is 13.8 Å². The Morgan fingerprint density at radius 3 is 1.71 bits per heavy atom. The van der Waals surface area contributed by atoms with Crippen molar-refractivity contribution in [2.75, 3.05) is 32.8 Å². The van der Waals surface area contributed by atoms with Gasteiger partial charge in [0, 0.05) is 19.8 Å². The summed E-state index contributed by atoms with van der Waals surface area (Å²) in [4.78, 5) is 2.26. The second-order valence-electron chi connectivity index (χ2n) is 3.08. The van der Waals surface area contributed by atoms with E-state index in [1.165, 1.54) is 0 Å². The zero-order chi connectivity index (χ0) is 11.0. The van der Waals surface area contributed by atoms with Crippen molar-refractivity contribution in [2.45, 2.75) is 33.1 Å². The molecule has 3 nitrogen and oxygen atoms in total. The van der Waals surface area contributed by atoms with Gasteiger partial charge >= 0.3 is 0 Å². The number of hydrogen-bond acceptors (Lipinski definition) is 3. The third-order valence-corrected chi connectivity index (χ3v) is 2.53. The first-order valence-corrected chi connectivity index (χ1v) is 5.87. The van der Waals surface area contributed by atoms with E-state index in [0.717, 1.165) is 19.6 Å². The molecule has 0 unspecified atom stereocenters. The van der Waals surface area contributed by atoms with E-state index in [9.17, 15) is 0 Å². The predicted octanol–water partition coefficient (Wildman–Crippen LogP) is 1.22. The predicted molar refractivity (Wildman–Crippen MR) is 59.5 cm³/mol. The lowest BCUT2D eigenvalue weighted by Gasteiger charge is -2.34. The maximum atomic E-state index is 5.55. The summed E-state index contributed by atoms with van der Waals surface area (Å²) in [5, 5.41) is 0. The van der Waals surface area contributed by atoms with Gasteiger partial charge in [0.25, 0.3) is 0 Å². The average Bonchev–Trinajstić information content (AvgIpc) is 2.15. The molecule has 0 aliphatic rings. The molecule has 14 heavy (non-hydrogen) atoms. The van der Waals surface area contributed by atoms with E-state index in [-0.39, 0.29) is 0 Å². The normalized spacial score (nSPS) is 12.4. The quantitative estimate of drug-likeness (QED) is 0.450. The Hall–Kier alpha value is 0.0969. The van der Waals surface area contributed by atoms with Gasteiger partial charge in [0.05, 0.1) is 0 Å². The fourth-order valence-corrected chi connectivity index (χ4v) is 1.85. The molecule has 0 saturated carbocycles. The Morgan fingerprint density at radius 1 is 1.00 bits per heavy atom. The molecule has 0 aliphatic carbocycles. The van der Waals surface area contributed by atoms with Gasteiger partial charge in [0.15, 0.2) is 5.41 Å². The largest absolute Gasteiger partial charge is 0.354 e. The summed E-state index contributed by atoms with van der Waals surface area (Å²) in [7, 11) is 3.56. The molecule has 0 aromatic carbocycles. The highest BCUT2D eigenvalue weighted by Crippen LogP contribution is 2.10. The van der Waals surface area contributed by atoms with Crippen LogP contribution in [0.2, 0.25) is 0 Å². The highest BCUT2D eigenvalue weighted by molar-refractivity contribution is 6.13. The average molecular weight is 216 g/mol. The van der Waals surface area contributed by atoms with Gasteiger partial charge in [0.1, 0.15) is 10.2 Å². The van der Waals surface area contributed by atoms with Gasteiger partial charge in [0.2, 0.25) is 0 Å². The van der Waals surface area contributed by atoms with E-state index >= 15 is 0 Å². The highest BCUT2D eigenvalue weighted by Gasteiger charge is 2.26. The van der Waals surface area contributed by atoms with Crippen LogP contribution in [-0.2, 0) is 9.47 Å². The molecule has 0 rings (SSSR count). The molecule has 0 amide bonds. The first kappa shape index (κ1) is 14.1. The number of hydrogen-bond donors (Lipinski definition) is 0. The Balaban J connectivity index is 4.17. The van der Waals surface area contributed by atoms with Crippen LogP contribution < -0.4 is 0 Å². The van der Waals surface area contributed by atoms with Crippen molar-refractivity contribution in [1.29, 1.82) is 0 Å². The standard InChI is InChI=1S/C10H22NO2Si/c1-5-11(6-2)9-10(14,12-7-3)13-8-4/h5-9H2,1-4H3. The molecule has 0 aromatic rings. The molecule has 4 heteroatoms. The zero-order valence-corrected chi connectivity index (χ0v) is 10.8. The summed E-state index contributed by atoms with van der Waals surface area (Å²) in [5.41, 5.74) is -0.643. The number of likely N-dealkylation sites (N-methyl/N-ethyl adjacent to an activating group) is 1. The first-order valence-electron chi connectivity index (χ1n) is 5.37. The maximum absolute atomic E-state index is 5.55. The minimum Gasteiger partial charge on any atom is -0.354 e. The van der Waals surface area contributed by atoms with Crippen molar-refractivity contribution >= 4 is 10.2 Å². The van der Waals surface area contributed by atoms with Gasteiger partial charge in [-0.25, -0.2) is 0 Å². The van der Waals surface area contributed by atoms with Gasteiger partial charge in [-0.1, -0.05) is 13.8 Å². The molecule has 0 saturated heterocycles. The second kappa shape index (κ2) is 7.40. The molecular formula is C10H22NO2Si. The molecule has 0 bridgehead atoms. The molecule has 0 aromatic heterocycles. The Bertz CT molecular complexity index is 134. The summed E-state index contributed by atoms with van der Waals surface area (Å²) >= 11 is 0. The minimum atomic E-state index is -0.643. The Labute approximate surface area is 91.2 Å². The number of ether oxygens (including phenoxy) is 2. The molecule has 0 atom stereocenters. The first-order chi connectivity index (χ1) is 6.61. The monoisotopic (exact) mass is 216 g/mol. The topological polar surface area (TPSA) is 21.7 Å². The van der Waals surface area contributed by atoms with Gasteiger partial charge in [-0.2, -0.15) is 0 Å². The van der Waals surface area contributed by atoms with Crippen molar-refractivity contribution in [3.8, 4) is 0 Å². The lowest BCUT2D eigenvalue weighted by Crippen LogP contribution is -2.48. The van der Waals surface area contributed by atoms with Crippen LogP contribution in [0.25, 0.3) is 0 Å². The van der Waals surface area contributed by atoms with Crippen LogP contribution in [0.4, 0.5) is 0 Å². The Morgan fingerprint density at radius 2 is 1.43 bits per heavy atom. The summed E-state index contributed by atoms with van der Waals surface area (Å²) in [5.74, 6) is 0. The van der Waals surface area contributed by atoms with E-state index in [2.05, 4.69) is 29.0 Å². The van der Waals surface area contributed by atoms with Crippen LogP contribution in [0.3, 0.4) is 0 Å². The molecule has 83 valence electrons. The number of nitrogens with zero attached hydrogens (tertiary/aromatic N) is 1. The van der Waals surface area contributed by atoms with Crippen LogP contribution in [0.1, 0.15) is 27.7 Å². The maximum Gasteiger partial charge on any atom is 0.156 e. The van der Waals surface area contributed by atoms with Gasteiger partial charge in [-0.3, -0.25) is 4.90 Å². The summed E-state index contributed by atoms with van der Waals surface area (Å²) < 4.78 is 11.1. The van der Waals surface area contributed by atoms with Gasteiger partial charge < -0.3 is 9.47 Å². The van der Waals surface area contributed by atoms with E-state index in [0.29, 0.717) is 13.2 Å². The van der Waals surface area contributed by atoms with Crippen molar-refractivity contribution in [3.05, 3.63) is 0 Å². The van der Waals surface area contributed by atoms with Crippen molar-refractivity contribution in [3.63, 3.8) is 0 Å². The fraction of sp³-hybridized carbons (Fsp3) is 1.00. The third-order valence-electron chi connectivity index (χ3n) is 2.08. The van der Waals surface area contributed by atoms with Crippen molar-refractivity contribution in [1.82, 2.24) is 4.90 Å². The molecule has 0 spiro atoms. The van der Waals surface area contributed by atoms with E-state index in [4.69, 9.17) is 9.47 Å². The smallest absolute Gasteiger partial charge is 0.156 e. The summed E-state index contributed by atoms with van der Waals surface area (Å²) in [6.07, 6.45) is 0. The van der Waals surface area contributed by atoms with Crippen LogP contribution in [0.5, 0.6) is 0 Å². The van der Waals surface area contributed by atoms with Crippen molar-refractivity contribution in [2.24, 2.45) is 0 Å². The van der Waals surface area contributed by atoms with E-state index < -0.39 is 5.41 Å². The van der Waals surface area contributed by atoms with Crippen LogP contribution in [0.15, 0.2) is 0 Å². The molecule has 0 heterocycles. The summed E-state index contributed by atoms with van der Waals surface area (Å²) in [6.45, 7) is 12.2. The molecule has 3 radical (unpaired) electrons. The number of rotatable bonds is 8. The summed E-state index contributed by atoms with van der Waals surface area (Å²) in [6, 6.07) is 0. The van der Waals surface area contributed by atoms with Crippen molar-refractivity contribution < 1.29 is 9.47 Å². The van der Waals surface area contributed by atoms with Crippen LogP contribution >= 0.6 is 0 Å². The molecular weight excluding hydrogens is 194 g/mol. The highest BCUT2D eigenvalue weighted by atomic mass is 28.1. The molecule has 0 aliphatic heterocycles. The lowest BCUT2D eigenvalue weighted by molar-refractivity contribution is -0.182.